The van der Waals surface area contributed by atoms with Crippen molar-refractivity contribution in [3.05, 3.63) is 57.4 Å². The van der Waals surface area contributed by atoms with Gasteiger partial charge in [-0.3, -0.25) is 9.59 Å². The Morgan fingerprint density at radius 2 is 1.67 bits per heavy atom. The summed E-state index contributed by atoms with van der Waals surface area (Å²) in [6.45, 7) is 9.50. The second-order valence-corrected chi connectivity index (χ2v) is 8.70. The van der Waals surface area contributed by atoms with Gasteiger partial charge in [0.25, 0.3) is 0 Å². The summed E-state index contributed by atoms with van der Waals surface area (Å²) >= 11 is 6.14. The highest BCUT2D eigenvalue weighted by Crippen LogP contribution is 2.34. The van der Waals surface area contributed by atoms with Crippen molar-refractivity contribution in [2.45, 2.75) is 59.9 Å². The minimum Gasteiger partial charge on any atom is -0.481 e. The van der Waals surface area contributed by atoms with Crippen LogP contribution in [-0.4, -0.2) is 17.0 Å². The predicted octanol–water partition coefficient (Wildman–Crippen LogP) is 6.14. The van der Waals surface area contributed by atoms with Crippen LogP contribution in [0.1, 0.15) is 61.4 Å². The van der Waals surface area contributed by atoms with Gasteiger partial charge in [0.1, 0.15) is 5.82 Å². The van der Waals surface area contributed by atoms with Gasteiger partial charge in [-0.15, -0.1) is 0 Å². The molecule has 0 saturated heterocycles. The van der Waals surface area contributed by atoms with Crippen LogP contribution in [0, 0.1) is 32.5 Å². The van der Waals surface area contributed by atoms with Crippen molar-refractivity contribution < 1.29 is 19.1 Å². The highest BCUT2D eigenvalue weighted by molar-refractivity contribution is 6.30. The number of carbonyl (C=O) groups is 2. The second-order valence-electron chi connectivity index (χ2n) is 8.26. The molecule has 0 heterocycles. The van der Waals surface area contributed by atoms with Crippen LogP contribution in [-0.2, 0) is 9.59 Å². The summed E-state index contributed by atoms with van der Waals surface area (Å²) < 4.78 is 15.1. The largest absolute Gasteiger partial charge is 0.481 e. The predicted molar refractivity (Wildman–Crippen MR) is 118 cm³/mol. The Morgan fingerprint density at radius 3 is 2.20 bits per heavy atom. The summed E-state index contributed by atoms with van der Waals surface area (Å²) in [5, 5.41) is 12.7. The topological polar surface area (TPSA) is 66.4 Å². The number of hydrogen-bond donors (Lipinski definition) is 2. The molecule has 0 aromatic heterocycles. The van der Waals surface area contributed by atoms with Gasteiger partial charge in [-0.1, -0.05) is 25.4 Å². The lowest BCUT2D eigenvalue weighted by Gasteiger charge is -2.21. The molecule has 0 spiro atoms. The number of nitrogens with one attached hydrogen (secondary N) is 1. The van der Waals surface area contributed by atoms with Gasteiger partial charge < -0.3 is 10.4 Å². The molecule has 0 saturated carbocycles. The van der Waals surface area contributed by atoms with Crippen molar-refractivity contribution >= 4 is 23.5 Å². The first-order valence-electron chi connectivity index (χ1n) is 10.1. The SMILES string of the molecule is Cc1cc(-c2c(C)cc(Cl)cc2C)cc([C@H](CC(=O)O)NC(=O)CCC(C)C)c1F. The van der Waals surface area contributed by atoms with Crippen LogP contribution in [0.3, 0.4) is 0 Å². The van der Waals surface area contributed by atoms with Crippen molar-refractivity contribution in [3.8, 4) is 11.1 Å². The highest BCUT2D eigenvalue weighted by Gasteiger charge is 2.24. The highest BCUT2D eigenvalue weighted by atomic mass is 35.5. The Balaban J connectivity index is 2.51. The Labute approximate surface area is 182 Å². The van der Waals surface area contributed by atoms with E-state index in [0.29, 0.717) is 22.9 Å². The minimum atomic E-state index is -1.11. The maximum atomic E-state index is 15.1. The Kier molecular flexibility index (Phi) is 8.02. The molecule has 0 aliphatic carbocycles. The molecule has 2 aromatic carbocycles. The first kappa shape index (κ1) is 23.9. The first-order valence-corrected chi connectivity index (χ1v) is 10.5. The van der Waals surface area contributed by atoms with E-state index in [0.717, 1.165) is 22.3 Å². The number of aryl methyl sites for hydroxylation is 3. The van der Waals surface area contributed by atoms with Gasteiger partial charge >= 0.3 is 5.97 Å². The number of benzene rings is 2. The van der Waals surface area contributed by atoms with Crippen LogP contribution < -0.4 is 5.32 Å². The molecular formula is C24H29ClFNO3. The van der Waals surface area contributed by atoms with Gasteiger partial charge in [0.05, 0.1) is 12.5 Å². The van der Waals surface area contributed by atoms with Gasteiger partial charge in [0, 0.05) is 17.0 Å². The first-order chi connectivity index (χ1) is 14.0. The summed E-state index contributed by atoms with van der Waals surface area (Å²) in [6, 6.07) is 6.10. The maximum absolute atomic E-state index is 15.1. The molecule has 6 heteroatoms. The van der Waals surface area contributed by atoms with E-state index < -0.39 is 24.2 Å². The summed E-state index contributed by atoms with van der Waals surface area (Å²) in [6.07, 6.45) is 0.547. The Bertz CT molecular complexity index is 933. The minimum absolute atomic E-state index is 0.180. The third-order valence-electron chi connectivity index (χ3n) is 5.11. The zero-order chi connectivity index (χ0) is 22.6. The number of carboxylic acids is 1. The molecule has 30 heavy (non-hydrogen) atoms. The zero-order valence-corrected chi connectivity index (χ0v) is 18.9. The van der Waals surface area contributed by atoms with E-state index >= 15 is 4.39 Å². The fourth-order valence-corrected chi connectivity index (χ4v) is 3.99. The van der Waals surface area contributed by atoms with Crippen LogP contribution in [0.25, 0.3) is 11.1 Å². The molecule has 2 aromatic rings. The van der Waals surface area contributed by atoms with E-state index in [1.54, 1.807) is 19.1 Å². The second kappa shape index (κ2) is 10.1. The van der Waals surface area contributed by atoms with E-state index in [2.05, 4.69) is 5.32 Å². The molecule has 0 bridgehead atoms. The van der Waals surface area contributed by atoms with Crippen molar-refractivity contribution in [2.24, 2.45) is 5.92 Å². The fourth-order valence-electron chi connectivity index (χ4n) is 3.66. The van der Waals surface area contributed by atoms with E-state index in [-0.39, 0.29) is 17.9 Å². The number of halogens is 2. The standard InChI is InChI=1S/C24H29ClFNO3/c1-13(2)6-7-21(28)27-20(12-22(29)30)19-11-17(8-16(5)24(19)26)23-14(3)9-18(25)10-15(23)4/h8-11,13,20H,6-7,12H2,1-5H3,(H,27,28)(H,29,30)/t20-/m0/s1. The van der Waals surface area contributed by atoms with E-state index in [1.165, 1.54) is 0 Å². The Morgan fingerprint density at radius 1 is 1.07 bits per heavy atom. The molecule has 162 valence electrons. The van der Waals surface area contributed by atoms with Gasteiger partial charge in [-0.25, -0.2) is 4.39 Å². The molecule has 2 rings (SSSR count). The molecule has 2 N–H and O–H groups in total. The van der Waals surface area contributed by atoms with Gasteiger partial charge in [0.15, 0.2) is 0 Å². The molecule has 0 radical (unpaired) electrons. The van der Waals surface area contributed by atoms with Crippen LogP contribution >= 0.6 is 11.6 Å². The average molecular weight is 434 g/mol. The van der Waals surface area contributed by atoms with E-state index in [1.807, 2.05) is 39.8 Å². The molecule has 4 nitrogen and oxygen atoms in total. The summed E-state index contributed by atoms with van der Waals surface area (Å²) in [4.78, 5) is 23.8. The normalized spacial score (nSPS) is 12.1. The number of rotatable bonds is 8. The van der Waals surface area contributed by atoms with Gasteiger partial charge in [-0.05, 0) is 85.2 Å². The van der Waals surface area contributed by atoms with E-state index in [4.69, 9.17) is 11.6 Å². The van der Waals surface area contributed by atoms with Crippen molar-refractivity contribution in [3.63, 3.8) is 0 Å². The van der Waals surface area contributed by atoms with Gasteiger partial charge in [0.2, 0.25) is 5.91 Å². The number of aliphatic carboxylic acids is 1. The van der Waals surface area contributed by atoms with Crippen molar-refractivity contribution in [1.29, 1.82) is 0 Å². The molecular weight excluding hydrogens is 405 g/mol. The third kappa shape index (κ3) is 6.05. The number of hydrogen-bond acceptors (Lipinski definition) is 2. The quantitative estimate of drug-likeness (QED) is 0.525. The molecule has 0 fully saturated rings. The number of carboxylic acid groups (broad SMARTS) is 1. The third-order valence-corrected chi connectivity index (χ3v) is 5.33. The van der Waals surface area contributed by atoms with Crippen LogP contribution in [0.2, 0.25) is 5.02 Å². The van der Waals surface area contributed by atoms with Crippen LogP contribution in [0.4, 0.5) is 4.39 Å². The monoisotopic (exact) mass is 433 g/mol. The van der Waals surface area contributed by atoms with Crippen molar-refractivity contribution in [1.82, 2.24) is 5.32 Å². The molecule has 1 atom stereocenters. The number of carbonyl (C=O) groups excluding carboxylic acids is 1. The lowest BCUT2D eigenvalue weighted by atomic mass is 9.90. The fraction of sp³-hybridized carbons (Fsp3) is 0.417. The van der Waals surface area contributed by atoms with Gasteiger partial charge in [-0.2, -0.15) is 0 Å². The molecule has 1 amide bonds. The smallest absolute Gasteiger partial charge is 0.305 e. The number of amides is 1. The van der Waals surface area contributed by atoms with Crippen LogP contribution in [0.5, 0.6) is 0 Å². The molecule has 0 unspecified atom stereocenters. The lowest BCUT2D eigenvalue weighted by molar-refractivity contribution is -0.137. The molecule has 0 aliphatic rings. The molecule has 0 aliphatic heterocycles. The van der Waals surface area contributed by atoms with Crippen LogP contribution in [0.15, 0.2) is 24.3 Å². The Hall–Kier alpha value is -2.40. The van der Waals surface area contributed by atoms with E-state index in [9.17, 15) is 14.7 Å². The lowest BCUT2D eigenvalue weighted by Crippen LogP contribution is -2.31. The summed E-state index contributed by atoms with van der Waals surface area (Å²) in [5.74, 6) is -1.55. The average Bonchev–Trinajstić information content (AvgIpc) is 2.61. The summed E-state index contributed by atoms with van der Waals surface area (Å²) in [5.41, 5.74) is 4.13. The van der Waals surface area contributed by atoms with Crippen molar-refractivity contribution in [2.75, 3.05) is 0 Å². The zero-order valence-electron chi connectivity index (χ0n) is 18.1. The summed E-state index contributed by atoms with van der Waals surface area (Å²) in [7, 11) is 0. The maximum Gasteiger partial charge on any atom is 0.305 e.